The molecule has 0 saturated carbocycles. The Morgan fingerprint density at radius 3 is 2.71 bits per heavy atom. The van der Waals surface area contributed by atoms with E-state index in [-0.39, 0.29) is 36.2 Å². The molecule has 4 rings (SSSR count). The number of aromatic nitrogens is 1. The third-order valence-corrected chi connectivity index (χ3v) is 5.91. The monoisotopic (exact) mass is 384 g/mol. The number of nitrogens with one attached hydrogen (secondary N) is 1. The van der Waals surface area contributed by atoms with Crippen molar-refractivity contribution in [1.82, 2.24) is 20.1 Å². The summed E-state index contributed by atoms with van der Waals surface area (Å²) >= 11 is 0. The van der Waals surface area contributed by atoms with E-state index in [9.17, 15) is 9.59 Å². The van der Waals surface area contributed by atoms with Gasteiger partial charge in [-0.1, -0.05) is 12.1 Å². The fourth-order valence-corrected chi connectivity index (χ4v) is 4.30. The van der Waals surface area contributed by atoms with Crippen LogP contribution in [0.25, 0.3) is 11.1 Å². The van der Waals surface area contributed by atoms with Crippen LogP contribution in [0.1, 0.15) is 44.9 Å². The van der Waals surface area contributed by atoms with Gasteiger partial charge in [0.25, 0.3) is 0 Å². The average Bonchev–Trinajstić information content (AvgIpc) is 3.13. The first-order valence-corrected chi connectivity index (χ1v) is 10.2. The highest BCUT2D eigenvalue weighted by Gasteiger charge is 2.35. The Balaban J connectivity index is 1.36. The zero-order valence-corrected chi connectivity index (χ0v) is 16.6. The Labute approximate surface area is 165 Å². The summed E-state index contributed by atoms with van der Waals surface area (Å²) < 4.78 is 5.91. The van der Waals surface area contributed by atoms with E-state index < -0.39 is 0 Å². The maximum atomic E-state index is 12.8. The third kappa shape index (κ3) is 3.76. The van der Waals surface area contributed by atoms with Gasteiger partial charge in [-0.15, -0.1) is 0 Å². The SMILES string of the molecule is CC(C)N1CCNC(=O)C1CC(=O)N1CCC(c2nc3ccccc3o2)CC1. The molecule has 7 heteroatoms. The summed E-state index contributed by atoms with van der Waals surface area (Å²) in [6, 6.07) is 7.67. The van der Waals surface area contributed by atoms with Crippen LogP contribution < -0.4 is 5.32 Å². The van der Waals surface area contributed by atoms with Gasteiger partial charge in [0, 0.05) is 38.1 Å². The number of fused-ring (bicyclic) bond motifs is 1. The smallest absolute Gasteiger partial charge is 0.237 e. The molecular weight excluding hydrogens is 356 g/mol. The number of piperazine rings is 1. The fourth-order valence-electron chi connectivity index (χ4n) is 4.30. The molecule has 28 heavy (non-hydrogen) atoms. The van der Waals surface area contributed by atoms with Gasteiger partial charge in [-0.05, 0) is 38.8 Å². The summed E-state index contributed by atoms with van der Waals surface area (Å²) in [6.07, 6.45) is 1.92. The maximum Gasteiger partial charge on any atom is 0.237 e. The van der Waals surface area contributed by atoms with E-state index in [2.05, 4.69) is 29.0 Å². The number of nitrogens with zero attached hydrogens (tertiary/aromatic N) is 3. The Morgan fingerprint density at radius 1 is 1.25 bits per heavy atom. The van der Waals surface area contributed by atoms with Crippen molar-refractivity contribution >= 4 is 22.9 Å². The first kappa shape index (κ1) is 18.9. The van der Waals surface area contributed by atoms with Gasteiger partial charge in [-0.3, -0.25) is 14.5 Å². The molecule has 0 aliphatic carbocycles. The molecule has 2 aromatic rings. The Kier molecular flexibility index (Phi) is 5.35. The van der Waals surface area contributed by atoms with E-state index in [1.54, 1.807) is 0 Å². The van der Waals surface area contributed by atoms with Crippen molar-refractivity contribution in [3.63, 3.8) is 0 Å². The normalized spacial score (nSPS) is 22.0. The molecule has 3 heterocycles. The van der Waals surface area contributed by atoms with Crippen molar-refractivity contribution in [3.8, 4) is 0 Å². The number of oxazole rings is 1. The number of benzene rings is 1. The van der Waals surface area contributed by atoms with Crippen molar-refractivity contribution in [2.45, 2.75) is 51.1 Å². The van der Waals surface area contributed by atoms with Crippen molar-refractivity contribution in [3.05, 3.63) is 30.2 Å². The van der Waals surface area contributed by atoms with Gasteiger partial charge in [-0.2, -0.15) is 0 Å². The zero-order chi connectivity index (χ0) is 19.7. The van der Waals surface area contributed by atoms with E-state index in [0.29, 0.717) is 19.6 Å². The minimum atomic E-state index is -0.365. The molecular formula is C21H28N4O3. The molecule has 0 radical (unpaired) electrons. The summed E-state index contributed by atoms with van der Waals surface area (Å²) in [6.45, 7) is 6.94. The molecule has 2 fully saturated rings. The minimum Gasteiger partial charge on any atom is -0.440 e. The topological polar surface area (TPSA) is 78.7 Å². The van der Waals surface area contributed by atoms with Crippen LogP contribution in [-0.4, -0.2) is 64.9 Å². The van der Waals surface area contributed by atoms with Gasteiger partial charge in [0.15, 0.2) is 11.5 Å². The van der Waals surface area contributed by atoms with Crippen LogP contribution in [-0.2, 0) is 9.59 Å². The van der Waals surface area contributed by atoms with Gasteiger partial charge in [0.2, 0.25) is 11.8 Å². The number of para-hydroxylation sites is 2. The maximum absolute atomic E-state index is 12.8. The third-order valence-electron chi connectivity index (χ3n) is 5.91. The zero-order valence-electron chi connectivity index (χ0n) is 16.6. The molecule has 1 aromatic heterocycles. The number of rotatable bonds is 4. The van der Waals surface area contributed by atoms with E-state index >= 15 is 0 Å². The summed E-state index contributed by atoms with van der Waals surface area (Å²) in [4.78, 5) is 33.8. The Hall–Kier alpha value is -2.41. The second-order valence-corrected chi connectivity index (χ2v) is 8.02. The summed E-state index contributed by atoms with van der Waals surface area (Å²) in [5, 5.41) is 2.89. The standard InChI is InChI=1S/C21H28N4O3/c1-14(2)25-12-9-22-20(27)17(25)13-19(26)24-10-7-15(8-11-24)21-23-16-5-3-4-6-18(16)28-21/h3-6,14-15,17H,7-13H2,1-2H3,(H,22,27). The van der Waals surface area contributed by atoms with Gasteiger partial charge in [0.1, 0.15) is 5.52 Å². The molecule has 1 aromatic carbocycles. The highest BCUT2D eigenvalue weighted by Crippen LogP contribution is 2.30. The van der Waals surface area contributed by atoms with E-state index in [1.807, 2.05) is 29.2 Å². The molecule has 0 spiro atoms. The van der Waals surface area contributed by atoms with E-state index in [0.717, 1.165) is 36.4 Å². The molecule has 1 N–H and O–H groups in total. The van der Waals surface area contributed by atoms with Crippen LogP contribution in [0, 0.1) is 0 Å². The minimum absolute atomic E-state index is 0.0327. The van der Waals surface area contributed by atoms with Crippen molar-refractivity contribution in [2.24, 2.45) is 0 Å². The molecule has 2 saturated heterocycles. The van der Waals surface area contributed by atoms with Crippen LogP contribution >= 0.6 is 0 Å². The Bertz CT molecular complexity index is 821. The largest absolute Gasteiger partial charge is 0.440 e. The highest BCUT2D eigenvalue weighted by atomic mass is 16.3. The molecule has 1 unspecified atom stereocenters. The predicted molar refractivity (Wildman–Crippen MR) is 106 cm³/mol. The lowest BCUT2D eigenvalue weighted by Gasteiger charge is -2.39. The quantitative estimate of drug-likeness (QED) is 0.874. The first-order chi connectivity index (χ1) is 13.5. The molecule has 150 valence electrons. The van der Waals surface area contributed by atoms with E-state index in [1.165, 1.54) is 0 Å². The summed E-state index contributed by atoms with van der Waals surface area (Å²) in [5.74, 6) is 1.03. The number of hydrogen-bond acceptors (Lipinski definition) is 5. The van der Waals surface area contributed by atoms with E-state index in [4.69, 9.17) is 4.42 Å². The van der Waals surface area contributed by atoms with Gasteiger partial charge in [-0.25, -0.2) is 4.98 Å². The van der Waals surface area contributed by atoms with Gasteiger partial charge in [0.05, 0.1) is 12.5 Å². The molecule has 1 atom stereocenters. The van der Waals surface area contributed by atoms with Crippen LogP contribution in [0.3, 0.4) is 0 Å². The fraction of sp³-hybridized carbons (Fsp3) is 0.571. The second-order valence-electron chi connectivity index (χ2n) is 8.02. The van der Waals surface area contributed by atoms with Gasteiger partial charge < -0.3 is 14.6 Å². The predicted octanol–water partition coefficient (Wildman–Crippen LogP) is 2.13. The van der Waals surface area contributed by atoms with Crippen LogP contribution in [0.4, 0.5) is 0 Å². The second kappa shape index (κ2) is 7.91. The number of likely N-dealkylation sites (tertiary alicyclic amines) is 1. The van der Waals surface area contributed by atoms with Crippen molar-refractivity contribution < 1.29 is 14.0 Å². The number of amides is 2. The first-order valence-electron chi connectivity index (χ1n) is 10.2. The highest BCUT2D eigenvalue weighted by molar-refractivity contribution is 5.89. The van der Waals surface area contributed by atoms with Crippen LogP contribution in [0.15, 0.2) is 28.7 Å². The summed E-state index contributed by atoms with van der Waals surface area (Å²) in [5.41, 5.74) is 1.70. The van der Waals surface area contributed by atoms with Crippen molar-refractivity contribution in [1.29, 1.82) is 0 Å². The van der Waals surface area contributed by atoms with Crippen LogP contribution in [0.5, 0.6) is 0 Å². The number of hydrogen-bond donors (Lipinski definition) is 1. The molecule has 0 bridgehead atoms. The lowest BCUT2D eigenvalue weighted by molar-refractivity contribution is -0.140. The van der Waals surface area contributed by atoms with Crippen LogP contribution in [0.2, 0.25) is 0 Å². The number of carbonyl (C=O) groups is 2. The Morgan fingerprint density at radius 2 is 2.00 bits per heavy atom. The summed E-state index contributed by atoms with van der Waals surface area (Å²) in [7, 11) is 0. The number of carbonyl (C=O) groups excluding carboxylic acids is 2. The molecule has 2 amide bonds. The lowest BCUT2D eigenvalue weighted by atomic mass is 9.96. The molecule has 7 nitrogen and oxygen atoms in total. The molecule has 2 aliphatic rings. The molecule has 2 aliphatic heterocycles. The van der Waals surface area contributed by atoms with Gasteiger partial charge >= 0.3 is 0 Å². The average molecular weight is 384 g/mol. The lowest BCUT2D eigenvalue weighted by Crippen LogP contribution is -2.58. The number of piperidine rings is 1. The van der Waals surface area contributed by atoms with Crippen molar-refractivity contribution in [2.75, 3.05) is 26.2 Å².